The van der Waals surface area contributed by atoms with Crippen LogP contribution in [0.25, 0.3) is 6.08 Å². The summed E-state index contributed by atoms with van der Waals surface area (Å²) in [5, 5.41) is 20.6. The molecule has 0 aliphatic heterocycles. The van der Waals surface area contributed by atoms with Crippen LogP contribution in [0.3, 0.4) is 0 Å². The minimum absolute atomic E-state index is 0.330. The monoisotopic (exact) mass is 253 g/mol. The molecule has 0 aliphatic carbocycles. The summed E-state index contributed by atoms with van der Waals surface area (Å²) in [7, 11) is 0. The van der Waals surface area contributed by atoms with Gasteiger partial charge >= 0.3 is 0 Å². The molecule has 18 heavy (non-hydrogen) atoms. The fourth-order valence-corrected chi connectivity index (χ4v) is 1.30. The third-order valence-electron chi connectivity index (χ3n) is 2.55. The van der Waals surface area contributed by atoms with Crippen LogP contribution in [0.1, 0.15) is 25.4 Å². The Hall–Kier alpha value is -1.59. The van der Waals surface area contributed by atoms with E-state index < -0.39 is 11.4 Å². The average Bonchev–Trinajstić information content (AvgIpc) is 2.84. The van der Waals surface area contributed by atoms with Gasteiger partial charge in [-0.3, -0.25) is 4.79 Å². The SMILES string of the molecule is CCc1ccc(/C=C/C(=O)NC(C)(CO)CO)o1. The van der Waals surface area contributed by atoms with Crippen LogP contribution in [0.2, 0.25) is 0 Å². The van der Waals surface area contributed by atoms with E-state index in [4.69, 9.17) is 14.6 Å². The Balaban J connectivity index is 2.59. The smallest absolute Gasteiger partial charge is 0.244 e. The highest BCUT2D eigenvalue weighted by Gasteiger charge is 2.23. The van der Waals surface area contributed by atoms with E-state index >= 15 is 0 Å². The fraction of sp³-hybridized carbons (Fsp3) is 0.462. The lowest BCUT2D eigenvalue weighted by molar-refractivity contribution is -0.119. The number of aryl methyl sites for hydroxylation is 1. The molecule has 0 unspecified atom stereocenters. The average molecular weight is 253 g/mol. The van der Waals surface area contributed by atoms with Gasteiger partial charge in [0.15, 0.2) is 0 Å². The van der Waals surface area contributed by atoms with Gasteiger partial charge in [0.1, 0.15) is 11.5 Å². The summed E-state index contributed by atoms with van der Waals surface area (Å²) in [6, 6.07) is 3.63. The van der Waals surface area contributed by atoms with Crippen LogP contribution in [0.15, 0.2) is 22.6 Å². The van der Waals surface area contributed by atoms with Crippen LogP contribution in [0, 0.1) is 0 Å². The minimum atomic E-state index is -1.01. The summed E-state index contributed by atoms with van der Waals surface area (Å²) in [6.07, 6.45) is 3.65. The Bertz CT molecular complexity index is 418. The Kier molecular flexibility index (Phi) is 5.12. The summed E-state index contributed by atoms with van der Waals surface area (Å²) in [6.45, 7) is 2.88. The van der Waals surface area contributed by atoms with E-state index in [1.54, 1.807) is 19.1 Å². The maximum atomic E-state index is 11.6. The molecule has 1 heterocycles. The minimum Gasteiger partial charge on any atom is -0.462 e. The Morgan fingerprint density at radius 1 is 1.44 bits per heavy atom. The predicted molar refractivity (Wildman–Crippen MR) is 67.8 cm³/mol. The van der Waals surface area contributed by atoms with Gasteiger partial charge in [0.2, 0.25) is 5.91 Å². The third kappa shape index (κ3) is 4.01. The molecule has 5 heteroatoms. The topological polar surface area (TPSA) is 82.7 Å². The van der Waals surface area contributed by atoms with Crippen molar-refractivity contribution < 1.29 is 19.4 Å². The van der Waals surface area contributed by atoms with Crippen molar-refractivity contribution in [3.05, 3.63) is 29.7 Å². The van der Waals surface area contributed by atoms with Crippen molar-refractivity contribution in [1.82, 2.24) is 5.32 Å². The van der Waals surface area contributed by atoms with Gasteiger partial charge in [-0.05, 0) is 25.1 Å². The van der Waals surface area contributed by atoms with Crippen LogP contribution in [-0.4, -0.2) is 34.9 Å². The number of amides is 1. The molecule has 0 spiro atoms. The molecule has 0 bridgehead atoms. The highest BCUT2D eigenvalue weighted by atomic mass is 16.3. The van der Waals surface area contributed by atoms with Gasteiger partial charge in [-0.2, -0.15) is 0 Å². The standard InChI is InChI=1S/C13H19NO4/c1-3-10-4-5-11(18-10)6-7-12(17)14-13(2,8-15)9-16/h4-7,15-16H,3,8-9H2,1-2H3,(H,14,17)/b7-6+. The molecule has 0 aliphatic rings. The van der Waals surface area contributed by atoms with Crippen molar-refractivity contribution in [2.45, 2.75) is 25.8 Å². The number of aliphatic hydroxyl groups excluding tert-OH is 2. The molecule has 1 rings (SSSR count). The lowest BCUT2D eigenvalue weighted by atomic mass is 10.1. The van der Waals surface area contributed by atoms with Gasteiger partial charge in [-0.1, -0.05) is 6.92 Å². The zero-order valence-corrected chi connectivity index (χ0v) is 10.6. The van der Waals surface area contributed by atoms with Crippen LogP contribution >= 0.6 is 0 Å². The van der Waals surface area contributed by atoms with Crippen molar-refractivity contribution in [2.75, 3.05) is 13.2 Å². The molecule has 0 saturated heterocycles. The molecule has 3 N–H and O–H groups in total. The molecular formula is C13H19NO4. The number of aliphatic hydroxyl groups is 2. The van der Waals surface area contributed by atoms with E-state index in [1.807, 2.05) is 13.0 Å². The molecule has 0 radical (unpaired) electrons. The number of hydrogen-bond donors (Lipinski definition) is 3. The highest BCUT2D eigenvalue weighted by molar-refractivity contribution is 5.91. The summed E-state index contributed by atoms with van der Waals surface area (Å²) >= 11 is 0. The second-order valence-electron chi connectivity index (χ2n) is 4.36. The first kappa shape index (κ1) is 14.5. The quantitative estimate of drug-likeness (QED) is 0.652. The number of carbonyl (C=O) groups excluding carboxylic acids is 1. The van der Waals surface area contributed by atoms with E-state index in [1.165, 1.54) is 6.08 Å². The summed E-state index contributed by atoms with van der Waals surface area (Å²) in [4.78, 5) is 11.6. The largest absolute Gasteiger partial charge is 0.462 e. The molecule has 100 valence electrons. The zero-order chi connectivity index (χ0) is 13.6. The molecule has 1 aromatic rings. The van der Waals surface area contributed by atoms with E-state index in [0.29, 0.717) is 5.76 Å². The van der Waals surface area contributed by atoms with E-state index in [0.717, 1.165) is 12.2 Å². The Morgan fingerprint density at radius 3 is 2.61 bits per heavy atom. The molecule has 5 nitrogen and oxygen atoms in total. The van der Waals surface area contributed by atoms with Crippen molar-refractivity contribution in [3.63, 3.8) is 0 Å². The summed E-state index contributed by atoms with van der Waals surface area (Å²) < 4.78 is 5.40. The van der Waals surface area contributed by atoms with Crippen LogP contribution in [0.5, 0.6) is 0 Å². The first-order valence-corrected chi connectivity index (χ1v) is 5.83. The summed E-state index contributed by atoms with van der Waals surface area (Å²) in [5.74, 6) is 1.05. The van der Waals surface area contributed by atoms with Crippen molar-refractivity contribution in [3.8, 4) is 0 Å². The van der Waals surface area contributed by atoms with Crippen LogP contribution in [0.4, 0.5) is 0 Å². The molecule has 0 fully saturated rings. The first-order chi connectivity index (χ1) is 8.53. The fourth-order valence-electron chi connectivity index (χ4n) is 1.30. The lowest BCUT2D eigenvalue weighted by Gasteiger charge is -2.25. The van der Waals surface area contributed by atoms with Crippen molar-refractivity contribution in [2.24, 2.45) is 0 Å². The van der Waals surface area contributed by atoms with E-state index in [-0.39, 0.29) is 13.2 Å². The zero-order valence-electron chi connectivity index (χ0n) is 10.6. The van der Waals surface area contributed by atoms with Gasteiger partial charge in [0.05, 0.1) is 18.8 Å². The maximum Gasteiger partial charge on any atom is 0.244 e. The number of furan rings is 1. The number of hydrogen-bond acceptors (Lipinski definition) is 4. The van der Waals surface area contributed by atoms with Crippen LogP contribution < -0.4 is 5.32 Å². The Morgan fingerprint density at radius 2 is 2.11 bits per heavy atom. The summed E-state index contributed by atoms with van der Waals surface area (Å²) in [5.41, 5.74) is -1.01. The third-order valence-corrected chi connectivity index (χ3v) is 2.55. The normalized spacial score (nSPS) is 12.0. The Labute approximate surface area is 106 Å². The van der Waals surface area contributed by atoms with Gasteiger partial charge < -0.3 is 19.9 Å². The molecular weight excluding hydrogens is 234 g/mol. The van der Waals surface area contributed by atoms with Crippen molar-refractivity contribution >= 4 is 12.0 Å². The highest BCUT2D eigenvalue weighted by Crippen LogP contribution is 2.10. The van der Waals surface area contributed by atoms with Gasteiger partial charge in [-0.25, -0.2) is 0 Å². The second kappa shape index (κ2) is 6.37. The number of nitrogens with one attached hydrogen (secondary N) is 1. The van der Waals surface area contributed by atoms with Crippen molar-refractivity contribution in [1.29, 1.82) is 0 Å². The van der Waals surface area contributed by atoms with E-state index in [9.17, 15) is 4.79 Å². The lowest BCUT2D eigenvalue weighted by Crippen LogP contribution is -2.51. The molecule has 1 amide bonds. The van der Waals surface area contributed by atoms with E-state index in [2.05, 4.69) is 5.32 Å². The molecule has 0 atom stereocenters. The second-order valence-corrected chi connectivity index (χ2v) is 4.36. The van der Waals surface area contributed by atoms with Gasteiger partial charge in [0.25, 0.3) is 0 Å². The maximum absolute atomic E-state index is 11.6. The predicted octanol–water partition coefficient (Wildman–Crippen LogP) is 0.715. The first-order valence-electron chi connectivity index (χ1n) is 5.83. The number of rotatable bonds is 6. The van der Waals surface area contributed by atoms with Crippen LogP contribution in [-0.2, 0) is 11.2 Å². The van der Waals surface area contributed by atoms with Gasteiger partial charge in [0, 0.05) is 12.5 Å². The molecule has 0 saturated carbocycles. The molecule has 0 aromatic carbocycles. The molecule has 1 aromatic heterocycles. The number of carbonyl (C=O) groups is 1. The van der Waals surface area contributed by atoms with Gasteiger partial charge in [-0.15, -0.1) is 0 Å².